The lowest BCUT2D eigenvalue weighted by atomic mass is 10.0. The molecule has 0 saturated carbocycles. The monoisotopic (exact) mass is 679 g/mol. The molecule has 0 aliphatic carbocycles. The van der Waals surface area contributed by atoms with Crippen molar-refractivity contribution in [3.05, 3.63) is 91.8 Å². The zero-order valence-corrected chi connectivity index (χ0v) is 23.8. The van der Waals surface area contributed by atoms with Crippen molar-refractivity contribution < 1.29 is 19.4 Å². The number of aromatic hydroxyl groups is 1. The molecule has 3 rings (SSSR count). The summed E-state index contributed by atoms with van der Waals surface area (Å²) in [6.45, 7) is 0. The van der Waals surface area contributed by atoms with Gasteiger partial charge in [0.2, 0.25) is 5.91 Å². The van der Waals surface area contributed by atoms with Gasteiger partial charge in [0, 0.05) is 20.2 Å². The molecular formula is C26H24Br3N3O4. The van der Waals surface area contributed by atoms with Gasteiger partial charge >= 0.3 is 6.09 Å². The SMILES string of the molecule is Nc1ccccc1NC(=O)/C=C/CCC[C@@H](OC(=O)Nc1ccc(Br)cc1)c1cc(Br)cc(Br)c1O. The number of benzene rings is 3. The number of phenols is 1. The minimum absolute atomic E-state index is 0.00462. The molecule has 3 aromatic carbocycles. The van der Waals surface area contributed by atoms with Crippen molar-refractivity contribution in [2.75, 3.05) is 16.4 Å². The number of hydrogen-bond acceptors (Lipinski definition) is 5. The minimum Gasteiger partial charge on any atom is -0.506 e. The van der Waals surface area contributed by atoms with E-state index in [1.165, 1.54) is 6.08 Å². The van der Waals surface area contributed by atoms with Gasteiger partial charge in [-0.3, -0.25) is 10.1 Å². The number of ether oxygens (including phenoxy) is 1. The van der Waals surface area contributed by atoms with Gasteiger partial charge in [0.25, 0.3) is 0 Å². The summed E-state index contributed by atoms with van der Waals surface area (Å²) in [5.41, 5.74) is 7.92. The van der Waals surface area contributed by atoms with Gasteiger partial charge in [0.05, 0.1) is 15.8 Å². The number of amides is 2. The second-order valence-electron chi connectivity index (χ2n) is 7.76. The summed E-state index contributed by atoms with van der Waals surface area (Å²) < 4.78 is 7.79. The fraction of sp³-hybridized carbons (Fsp3) is 0.154. The van der Waals surface area contributed by atoms with Crippen LogP contribution in [0.25, 0.3) is 0 Å². The van der Waals surface area contributed by atoms with Crippen LogP contribution in [0.4, 0.5) is 21.9 Å². The lowest BCUT2D eigenvalue weighted by molar-refractivity contribution is -0.111. The Labute approximate surface area is 234 Å². The van der Waals surface area contributed by atoms with E-state index in [-0.39, 0.29) is 11.7 Å². The average molecular weight is 682 g/mol. The smallest absolute Gasteiger partial charge is 0.412 e. The summed E-state index contributed by atoms with van der Waals surface area (Å²) in [5, 5.41) is 16.0. The molecule has 1 atom stereocenters. The predicted octanol–water partition coefficient (Wildman–Crippen LogP) is 7.92. The molecule has 2 amide bonds. The molecule has 7 nitrogen and oxygen atoms in total. The number of phenolic OH excluding ortho intramolecular Hbond substituents is 1. The van der Waals surface area contributed by atoms with Gasteiger partial charge in [0.1, 0.15) is 11.9 Å². The van der Waals surface area contributed by atoms with E-state index in [1.807, 2.05) is 0 Å². The summed E-state index contributed by atoms with van der Waals surface area (Å²) in [4.78, 5) is 24.8. The van der Waals surface area contributed by atoms with E-state index < -0.39 is 12.2 Å². The van der Waals surface area contributed by atoms with Crippen molar-refractivity contribution in [1.29, 1.82) is 0 Å². The molecule has 0 aliphatic heterocycles. The maximum Gasteiger partial charge on any atom is 0.412 e. The Bertz CT molecular complexity index is 1250. The first-order valence-electron chi connectivity index (χ1n) is 11.0. The van der Waals surface area contributed by atoms with E-state index in [0.29, 0.717) is 46.4 Å². The number of halogens is 3. The summed E-state index contributed by atoms with van der Waals surface area (Å²) in [6.07, 6.45) is 3.38. The van der Waals surface area contributed by atoms with E-state index in [1.54, 1.807) is 66.7 Å². The third kappa shape index (κ3) is 8.39. The van der Waals surface area contributed by atoms with Crippen LogP contribution < -0.4 is 16.4 Å². The van der Waals surface area contributed by atoms with Crippen molar-refractivity contribution in [1.82, 2.24) is 0 Å². The molecule has 0 unspecified atom stereocenters. The second-order valence-corrected chi connectivity index (χ2v) is 10.4. The molecule has 0 bridgehead atoms. The fourth-order valence-corrected chi connectivity index (χ4v) is 4.84. The van der Waals surface area contributed by atoms with Gasteiger partial charge in [-0.15, -0.1) is 0 Å². The standard InChI is InChI=1S/C26H24Br3N3O4/c27-16-10-12-18(13-11-16)31-26(35)36-23(19-14-17(28)15-20(29)25(19)34)8-2-1-3-9-24(33)32-22-7-5-4-6-21(22)30/h3-7,9-15,23,34H,1-2,8,30H2,(H,31,35)(H,32,33)/b9-3+/t23-/m1/s1. The van der Waals surface area contributed by atoms with Crippen LogP contribution >= 0.6 is 47.8 Å². The van der Waals surface area contributed by atoms with E-state index in [0.717, 1.165) is 8.95 Å². The Morgan fingerprint density at radius 2 is 1.72 bits per heavy atom. The molecule has 0 saturated heterocycles. The fourth-order valence-electron chi connectivity index (χ4n) is 3.32. The van der Waals surface area contributed by atoms with Crippen LogP contribution in [-0.2, 0) is 9.53 Å². The zero-order valence-electron chi connectivity index (χ0n) is 19.0. The van der Waals surface area contributed by atoms with Gasteiger partial charge in [-0.05, 0) is 89.8 Å². The maximum absolute atomic E-state index is 12.6. The van der Waals surface area contributed by atoms with Gasteiger partial charge in [-0.25, -0.2) is 4.79 Å². The van der Waals surface area contributed by atoms with E-state index in [9.17, 15) is 14.7 Å². The molecular weight excluding hydrogens is 658 g/mol. The molecule has 0 aliphatic rings. The number of allylic oxidation sites excluding steroid dienone is 1. The van der Waals surface area contributed by atoms with Crippen LogP contribution in [0.1, 0.15) is 30.9 Å². The quantitative estimate of drug-likeness (QED) is 0.104. The molecule has 5 N–H and O–H groups in total. The highest BCUT2D eigenvalue weighted by Crippen LogP contribution is 2.38. The Morgan fingerprint density at radius 3 is 2.44 bits per heavy atom. The Hall–Kier alpha value is -2.82. The number of anilines is 3. The first-order valence-corrected chi connectivity index (χ1v) is 13.3. The van der Waals surface area contributed by atoms with Crippen molar-refractivity contribution >= 4 is 76.9 Å². The number of nitrogens with one attached hydrogen (secondary N) is 2. The van der Waals surface area contributed by atoms with Crippen molar-refractivity contribution in [3.8, 4) is 5.75 Å². The Balaban J connectivity index is 1.63. The number of nitrogen functional groups attached to an aromatic ring is 1. The minimum atomic E-state index is -0.722. The Morgan fingerprint density at radius 1 is 1.00 bits per heavy atom. The topological polar surface area (TPSA) is 114 Å². The highest BCUT2D eigenvalue weighted by atomic mass is 79.9. The highest BCUT2D eigenvalue weighted by Gasteiger charge is 2.22. The zero-order chi connectivity index (χ0) is 26.1. The van der Waals surface area contributed by atoms with Gasteiger partial charge in [-0.1, -0.05) is 50.1 Å². The molecule has 0 heterocycles. The third-order valence-corrected chi connectivity index (χ3v) is 6.66. The predicted molar refractivity (Wildman–Crippen MR) is 153 cm³/mol. The van der Waals surface area contributed by atoms with E-state index in [4.69, 9.17) is 10.5 Å². The average Bonchev–Trinajstić information content (AvgIpc) is 2.83. The van der Waals surface area contributed by atoms with Crippen molar-refractivity contribution in [2.24, 2.45) is 0 Å². The van der Waals surface area contributed by atoms with Crippen LogP contribution in [0.3, 0.4) is 0 Å². The van der Waals surface area contributed by atoms with Gasteiger partial charge in [-0.2, -0.15) is 0 Å². The number of para-hydroxylation sites is 2. The maximum atomic E-state index is 12.6. The first kappa shape index (κ1) is 27.8. The number of rotatable bonds is 9. The molecule has 188 valence electrons. The highest BCUT2D eigenvalue weighted by molar-refractivity contribution is 9.11. The molecule has 0 spiro atoms. The molecule has 3 aromatic rings. The van der Waals surface area contributed by atoms with Crippen LogP contribution in [0, 0.1) is 0 Å². The number of nitrogens with two attached hydrogens (primary N) is 1. The number of carbonyl (C=O) groups excluding carboxylic acids is 2. The van der Waals surface area contributed by atoms with Crippen LogP contribution in [0.5, 0.6) is 5.75 Å². The van der Waals surface area contributed by atoms with Crippen LogP contribution in [0.15, 0.2) is 86.2 Å². The summed E-state index contributed by atoms with van der Waals surface area (Å²) in [7, 11) is 0. The van der Waals surface area contributed by atoms with Gasteiger partial charge < -0.3 is 20.9 Å². The molecule has 0 radical (unpaired) electrons. The largest absolute Gasteiger partial charge is 0.506 e. The summed E-state index contributed by atoms with van der Waals surface area (Å²) >= 11 is 10.1. The van der Waals surface area contributed by atoms with Crippen molar-refractivity contribution in [2.45, 2.75) is 25.4 Å². The molecule has 0 fully saturated rings. The summed E-state index contributed by atoms with van der Waals surface area (Å²) in [6, 6.07) is 17.5. The molecule has 36 heavy (non-hydrogen) atoms. The summed E-state index contributed by atoms with van der Waals surface area (Å²) in [5.74, 6) is -0.293. The number of hydrogen-bond donors (Lipinski definition) is 4. The van der Waals surface area contributed by atoms with Crippen LogP contribution in [-0.4, -0.2) is 17.1 Å². The number of carbonyl (C=O) groups is 2. The van der Waals surface area contributed by atoms with Gasteiger partial charge in [0.15, 0.2) is 0 Å². The second kappa shape index (κ2) is 13.5. The molecule has 10 heteroatoms. The lowest BCUT2D eigenvalue weighted by Gasteiger charge is -2.20. The van der Waals surface area contributed by atoms with E-state index >= 15 is 0 Å². The van der Waals surface area contributed by atoms with Crippen LogP contribution in [0.2, 0.25) is 0 Å². The normalized spacial score (nSPS) is 11.8. The first-order chi connectivity index (χ1) is 17.2. The number of unbranched alkanes of at least 4 members (excludes halogenated alkanes) is 1. The Kier molecular flexibility index (Phi) is 10.4. The third-order valence-electron chi connectivity index (χ3n) is 5.07. The lowest BCUT2D eigenvalue weighted by Crippen LogP contribution is -2.18. The molecule has 0 aromatic heterocycles. The van der Waals surface area contributed by atoms with E-state index in [2.05, 4.69) is 58.4 Å². The van der Waals surface area contributed by atoms with Crippen molar-refractivity contribution in [3.63, 3.8) is 0 Å².